The van der Waals surface area contributed by atoms with E-state index in [1.807, 2.05) is 0 Å². The molecule has 3 nitrogen and oxygen atoms in total. The molecule has 0 aliphatic carbocycles. The Balaban J connectivity index is 0.00000144. The van der Waals surface area contributed by atoms with Gasteiger partial charge in [-0.15, -0.1) is 12.4 Å². The van der Waals surface area contributed by atoms with Crippen LogP contribution in [0.2, 0.25) is 0 Å². The molecule has 0 spiro atoms. The first-order valence-corrected chi connectivity index (χ1v) is 4.74. The topological polar surface area (TPSA) is 41.1 Å². The molecule has 1 aliphatic rings. The standard InChI is InChI=1S/C9H18N2O.ClH/c1-10-9(12)5-4-8-3-2-6-11-7-8;/h8,11H,2-7H2,1H3,(H,10,12);1H. The lowest BCUT2D eigenvalue weighted by Crippen LogP contribution is -2.30. The third kappa shape index (κ3) is 5.11. The molecule has 1 heterocycles. The molecular formula is C9H19ClN2O. The van der Waals surface area contributed by atoms with E-state index in [-0.39, 0.29) is 18.3 Å². The summed E-state index contributed by atoms with van der Waals surface area (Å²) in [4.78, 5) is 10.9. The summed E-state index contributed by atoms with van der Waals surface area (Å²) in [6.07, 6.45) is 4.26. The van der Waals surface area contributed by atoms with Crippen LogP contribution in [0.25, 0.3) is 0 Å². The zero-order chi connectivity index (χ0) is 8.81. The van der Waals surface area contributed by atoms with E-state index >= 15 is 0 Å². The Morgan fingerprint density at radius 3 is 2.92 bits per heavy atom. The Morgan fingerprint density at radius 1 is 1.62 bits per heavy atom. The van der Waals surface area contributed by atoms with Crippen molar-refractivity contribution >= 4 is 18.3 Å². The van der Waals surface area contributed by atoms with E-state index in [9.17, 15) is 4.79 Å². The highest BCUT2D eigenvalue weighted by molar-refractivity contribution is 5.85. The molecule has 4 heteroatoms. The molecule has 1 aliphatic heterocycles. The third-order valence-electron chi connectivity index (χ3n) is 2.46. The normalized spacial score (nSPS) is 21.8. The minimum absolute atomic E-state index is 0. The molecule has 13 heavy (non-hydrogen) atoms. The maximum atomic E-state index is 10.9. The third-order valence-corrected chi connectivity index (χ3v) is 2.46. The van der Waals surface area contributed by atoms with E-state index in [1.54, 1.807) is 7.05 Å². The number of carbonyl (C=O) groups is 1. The first-order chi connectivity index (χ1) is 5.83. The molecule has 1 unspecified atom stereocenters. The highest BCUT2D eigenvalue weighted by atomic mass is 35.5. The van der Waals surface area contributed by atoms with Crippen molar-refractivity contribution in [2.45, 2.75) is 25.7 Å². The van der Waals surface area contributed by atoms with Gasteiger partial charge in [-0.3, -0.25) is 4.79 Å². The average Bonchev–Trinajstić information content (AvgIpc) is 2.16. The number of hydrogen-bond donors (Lipinski definition) is 2. The maximum Gasteiger partial charge on any atom is 0.219 e. The molecule has 1 atom stereocenters. The quantitative estimate of drug-likeness (QED) is 0.722. The Bertz CT molecular complexity index is 147. The van der Waals surface area contributed by atoms with Gasteiger partial charge in [-0.05, 0) is 38.3 Å². The van der Waals surface area contributed by atoms with E-state index in [4.69, 9.17) is 0 Å². The van der Waals surface area contributed by atoms with Crippen molar-refractivity contribution in [2.75, 3.05) is 20.1 Å². The van der Waals surface area contributed by atoms with Crippen LogP contribution in [-0.4, -0.2) is 26.0 Å². The lowest BCUT2D eigenvalue weighted by Gasteiger charge is -2.22. The molecule has 0 aromatic carbocycles. The van der Waals surface area contributed by atoms with Crippen LogP contribution in [0.3, 0.4) is 0 Å². The van der Waals surface area contributed by atoms with Crippen LogP contribution < -0.4 is 10.6 Å². The minimum Gasteiger partial charge on any atom is -0.359 e. The molecule has 0 saturated carbocycles. The molecule has 2 N–H and O–H groups in total. The summed E-state index contributed by atoms with van der Waals surface area (Å²) in [5.41, 5.74) is 0. The average molecular weight is 207 g/mol. The fourth-order valence-electron chi connectivity index (χ4n) is 1.63. The molecule has 1 saturated heterocycles. The summed E-state index contributed by atoms with van der Waals surface area (Å²) < 4.78 is 0. The second-order valence-corrected chi connectivity index (χ2v) is 3.42. The van der Waals surface area contributed by atoms with E-state index in [0.29, 0.717) is 6.42 Å². The van der Waals surface area contributed by atoms with Gasteiger partial charge in [0.25, 0.3) is 0 Å². The zero-order valence-electron chi connectivity index (χ0n) is 8.14. The van der Waals surface area contributed by atoms with Crippen molar-refractivity contribution in [3.05, 3.63) is 0 Å². The number of hydrogen-bond acceptors (Lipinski definition) is 2. The molecule has 0 aromatic rings. The number of carbonyl (C=O) groups excluding carboxylic acids is 1. The molecule has 0 aromatic heterocycles. The van der Waals surface area contributed by atoms with Crippen molar-refractivity contribution in [1.29, 1.82) is 0 Å². The summed E-state index contributed by atoms with van der Waals surface area (Å²) in [5, 5.41) is 5.99. The number of rotatable bonds is 3. The van der Waals surface area contributed by atoms with Gasteiger partial charge in [0.2, 0.25) is 5.91 Å². The van der Waals surface area contributed by atoms with Crippen molar-refractivity contribution in [3.63, 3.8) is 0 Å². The monoisotopic (exact) mass is 206 g/mol. The van der Waals surface area contributed by atoms with Crippen LogP contribution in [0.4, 0.5) is 0 Å². The lowest BCUT2D eigenvalue weighted by molar-refractivity contribution is -0.120. The molecule has 78 valence electrons. The Labute approximate surface area is 86.1 Å². The van der Waals surface area contributed by atoms with Gasteiger partial charge in [-0.1, -0.05) is 0 Å². The van der Waals surface area contributed by atoms with Crippen molar-refractivity contribution in [1.82, 2.24) is 10.6 Å². The van der Waals surface area contributed by atoms with Crippen LogP contribution in [-0.2, 0) is 4.79 Å². The van der Waals surface area contributed by atoms with Crippen molar-refractivity contribution in [3.8, 4) is 0 Å². The van der Waals surface area contributed by atoms with E-state index < -0.39 is 0 Å². The van der Waals surface area contributed by atoms with Crippen LogP contribution in [0.5, 0.6) is 0 Å². The maximum absolute atomic E-state index is 10.9. The molecular weight excluding hydrogens is 188 g/mol. The van der Waals surface area contributed by atoms with Gasteiger partial charge in [-0.25, -0.2) is 0 Å². The van der Waals surface area contributed by atoms with Gasteiger partial charge in [0.1, 0.15) is 0 Å². The summed E-state index contributed by atoms with van der Waals surface area (Å²) in [6.45, 7) is 2.24. The van der Waals surface area contributed by atoms with Gasteiger partial charge in [0.05, 0.1) is 0 Å². The first kappa shape index (κ1) is 12.7. The number of piperidine rings is 1. The Morgan fingerprint density at radius 2 is 2.38 bits per heavy atom. The van der Waals surface area contributed by atoms with E-state index in [2.05, 4.69) is 10.6 Å². The first-order valence-electron chi connectivity index (χ1n) is 4.74. The highest BCUT2D eigenvalue weighted by Crippen LogP contribution is 2.15. The fraction of sp³-hybridized carbons (Fsp3) is 0.889. The highest BCUT2D eigenvalue weighted by Gasteiger charge is 2.13. The van der Waals surface area contributed by atoms with Crippen molar-refractivity contribution in [2.24, 2.45) is 5.92 Å². The molecule has 1 rings (SSSR count). The second-order valence-electron chi connectivity index (χ2n) is 3.42. The smallest absolute Gasteiger partial charge is 0.219 e. The molecule has 0 radical (unpaired) electrons. The second kappa shape index (κ2) is 7.15. The molecule has 1 fully saturated rings. The number of amides is 1. The summed E-state index contributed by atoms with van der Waals surface area (Å²) in [5.74, 6) is 0.886. The number of halogens is 1. The zero-order valence-corrected chi connectivity index (χ0v) is 8.95. The molecule has 0 bridgehead atoms. The molecule has 1 amide bonds. The minimum atomic E-state index is 0. The van der Waals surface area contributed by atoms with Crippen molar-refractivity contribution < 1.29 is 4.79 Å². The van der Waals surface area contributed by atoms with Crippen LogP contribution in [0.15, 0.2) is 0 Å². The van der Waals surface area contributed by atoms with Gasteiger partial charge in [-0.2, -0.15) is 0 Å². The largest absolute Gasteiger partial charge is 0.359 e. The van der Waals surface area contributed by atoms with Crippen LogP contribution >= 0.6 is 12.4 Å². The Hall–Kier alpha value is -0.280. The van der Waals surface area contributed by atoms with E-state index in [1.165, 1.54) is 12.8 Å². The summed E-state index contributed by atoms with van der Waals surface area (Å²) >= 11 is 0. The summed E-state index contributed by atoms with van der Waals surface area (Å²) in [6, 6.07) is 0. The predicted molar refractivity (Wildman–Crippen MR) is 56.1 cm³/mol. The Kier molecular flexibility index (Phi) is 7.00. The van der Waals surface area contributed by atoms with Gasteiger partial charge in [0, 0.05) is 13.5 Å². The van der Waals surface area contributed by atoms with Gasteiger partial charge < -0.3 is 10.6 Å². The van der Waals surface area contributed by atoms with Gasteiger partial charge in [0.15, 0.2) is 0 Å². The van der Waals surface area contributed by atoms with Crippen LogP contribution in [0, 0.1) is 5.92 Å². The summed E-state index contributed by atoms with van der Waals surface area (Å²) in [7, 11) is 1.70. The van der Waals surface area contributed by atoms with Gasteiger partial charge >= 0.3 is 0 Å². The number of nitrogens with one attached hydrogen (secondary N) is 2. The van der Waals surface area contributed by atoms with E-state index in [0.717, 1.165) is 25.4 Å². The predicted octanol–water partition coefficient (Wildman–Crippen LogP) is 0.934. The fourth-order valence-corrected chi connectivity index (χ4v) is 1.63. The van der Waals surface area contributed by atoms with Crippen LogP contribution in [0.1, 0.15) is 25.7 Å². The SMILES string of the molecule is CNC(=O)CCC1CCCNC1.Cl. The lowest BCUT2D eigenvalue weighted by atomic mass is 9.95.